The number of benzene rings is 3. The van der Waals surface area contributed by atoms with Gasteiger partial charge in [-0.15, -0.1) is 0 Å². The number of anilines is 2. The molecule has 0 saturated carbocycles. The normalized spacial score (nSPS) is 10.2. The van der Waals surface area contributed by atoms with E-state index in [-0.39, 0.29) is 16.9 Å². The molecule has 3 aromatic rings. The molecule has 8 heteroatoms. The van der Waals surface area contributed by atoms with E-state index in [1.54, 1.807) is 48.5 Å². The van der Waals surface area contributed by atoms with Gasteiger partial charge in [-0.3, -0.25) is 14.9 Å². The summed E-state index contributed by atoms with van der Waals surface area (Å²) in [5, 5.41) is 8.64. The minimum Gasteiger partial charge on any atom is -0.493 e. The third-order valence-electron chi connectivity index (χ3n) is 4.51. The quantitative estimate of drug-likeness (QED) is 0.379. The number of rotatable bonds is 6. The smallest absolute Gasteiger partial charge is 0.257 e. The second-order valence-corrected chi connectivity index (χ2v) is 8.10. The first kappa shape index (κ1) is 23.4. The number of ether oxygens (including phenoxy) is 1. The Morgan fingerprint density at radius 1 is 0.938 bits per heavy atom. The van der Waals surface area contributed by atoms with Crippen LogP contribution in [-0.4, -0.2) is 23.5 Å². The molecule has 164 valence electrons. The topological polar surface area (TPSA) is 79.5 Å². The van der Waals surface area contributed by atoms with E-state index in [1.165, 1.54) is 0 Å². The molecule has 3 N–H and O–H groups in total. The van der Waals surface area contributed by atoms with Crippen molar-refractivity contribution in [2.75, 3.05) is 17.2 Å². The predicted molar refractivity (Wildman–Crippen MR) is 135 cm³/mol. The number of aryl methyl sites for hydroxylation is 1. The Labute approximate surface area is 200 Å². The Balaban J connectivity index is 1.56. The Morgan fingerprint density at radius 3 is 2.22 bits per heavy atom. The van der Waals surface area contributed by atoms with Crippen molar-refractivity contribution in [1.29, 1.82) is 0 Å². The lowest BCUT2D eigenvalue weighted by Gasteiger charge is -2.12. The summed E-state index contributed by atoms with van der Waals surface area (Å²) in [5.74, 6) is 0.154. The van der Waals surface area contributed by atoms with Crippen molar-refractivity contribution in [3.63, 3.8) is 0 Å². The predicted octanol–water partition coefficient (Wildman–Crippen LogP) is 5.54. The molecule has 0 aromatic heterocycles. The molecule has 0 fully saturated rings. The van der Waals surface area contributed by atoms with Crippen molar-refractivity contribution in [2.24, 2.45) is 0 Å². The summed E-state index contributed by atoms with van der Waals surface area (Å²) < 4.78 is 6.14. The number of halogens is 1. The molecule has 0 spiro atoms. The summed E-state index contributed by atoms with van der Waals surface area (Å²) in [6.45, 7) is 4.32. The van der Waals surface area contributed by atoms with Crippen LogP contribution in [0.25, 0.3) is 0 Å². The average molecular weight is 512 g/mol. The number of thiocarbonyl (C=S) groups is 1. The summed E-state index contributed by atoms with van der Waals surface area (Å²) in [7, 11) is 0. The summed E-state index contributed by atoms with van der Waals surface area (Å²) in [5.41, 5.74) is 3.30. The number of carbonyl (C=O) groups excluding carboxylic acids is 2. The van der Waals surface area contributed by atoms with Crippen LogP contribution in [0.15, 0.2) is 71.2 Å². The van der Waals surface area contributed by atoms with Crippen molar-refractivity contribution in [3.8, 4) is 5.75 Å². The Kier molecular flexibility index (Phi) is 7.97. The van der Waals surface area contributed by atoms with Crippen molar-refractivity contribution >= 4 is 56.4 Å². The number of amides is 2. The van der Waals surface area contributed by atoms with Crippen LogP contribution in [0.4, 0.5) is 11.4 Å². The van der Waals surface area contributed by atoms with Crippen LogP contribution >= 0.6 is 28.1 Å². The number of hydrogen-bond acceptors (Lipinski definition) is 4. The van der Waals surface area contributed by atoms with Crippen molar-refractivity contribution < 1.29 is 14.3 Å². The van der Waals surface area contributed by atoms with Gasteiger partial charge in [0.2, 0.25) is 0 Å². The van der Waals surface area contributed by atoms with Crippen LogP contribution in [0.3, 0.4) is 0 Å². The van der Waals surface area contributed by atoms with Crippen LogP contribution in [0, 0.1) is 6.92 Å². The van der Waals surface area contributed by atoms with E-state index in [4.69, 9.17) is 17.0 Å². The minimum atomic E-state index is -0.339. The van der Waals surface area contributed by atoms with E-state index >= 15 is 0 Å². The van der Waals surface area contributed by atoms with Gasteiger partial charge < -0.3 is 15.4 Å². The molecule has 3 aromatic carbocycles. The minimum absolute atomic E-state index is 0.164. The Morgan fingerprint density at radius 2 is 1.59 bits per heavy atom. The van der Waals surface area contributed by atoms with Gasteiger partial charge in [0.05, 0.1) is 11.1 Å². The van der Waals surface area contributed by atoms with Crippen molar-refractivity contribution in [2.45, 2.75) is 13.8 Å². The maximum absolute atomic E-state index is 12.5. The molecule has 3 rings (SSSR count). The zero-order valence-corrected chi connectivity index (χ0v) is 20.0. The molecule has 0 radical (unpaired) electrons. The standard InChI is InChI=1S/C24H22BrN3O3S/c1-3-31-21-13-8-16(14-20(21)25)22(29)28-24(32)27-18-11-9-17(10-12-18)26-23(30)19-7-5-4-6-15(19)2/h4-14H,3H2,1-2H3,(H,26,30)(H2,27,28,29,32). The molecule has 2 amide bonds. The molecular weight excluding hydrogens is 490 g/mol. The summed E-state index contributed by atoms with van der Waals surface area (Å²) in [6.07, 6.45) is 0. The molecule has 6 nitrogen and oxygen atoms in total. The van der Waals surface area contributed by atoms with E-state index in [0.717, 1.165) is 5.56 Å². The van der Waals surface area contributed by atoms with Crippen molar-refractivity contribution in [1.82, 2.24) is 5.32 Å². The molecule has 0 aliphatic carbocycles. The van der Waals surface area contributed by atoms with E-state index in [9.17, 15) is 9.59 Å². The highest BCUT2D eigenvalue weighted by atomic mass is 79.9. The lowest BCUT2D eigenvalue weighted by molar-refractivity contribution is 0.0976. The van der Waals surface area contributed by atoms with Crippen LogP contribution in [0.1, 0.15) is 33.2 Å². The van der Waals surface area contributed by atoms with Crippen LogP contribution in [-0.2, 0) is 0 Å². The molecule has 0 aliphatic heterocycles. The largest absolute Gasteiger partial charge is 0.493 e. The van der Waals surface area contributed by atoms with E-state index in [0.29, 0.717) is 39.3 Å². The molecular formula is C24H22BrN3O3S. The van der Waals surface area contributed by atoms with Gasteiger partial charge in [0.1, 0.15) is 5.75 Å². The fourth-order valence-corrected chi connectivity index (χ4v) is 3.62. The maximum Gasteiger partial charge on any atom is 0.257 e. The Bertz CT molecular complexity index is 1150. The van der Waals surface area contributed by atoms with E-state index < -0.39 is 0 Å². The van der Waals surface area contributed by atoms with Gasteiger partial charge in [-0.05, 0) is 96.1 Å². The lowest BCUT2D eigenvalue weighted by Crippen LogP contribution is -2.34. The van der Waals surface area contributed by atoms with Crippen LogP contribution in [0.2, 0.25) is 0 Å². The molecule has 0 bridgehead atoms. The molecule has 0 heterocycles. The van der Waals surface area contributed by atoms with Crippen LogP contribution in [0.5, 0.6) is 5.75 Å². The first-order valence-electron chi connectivity index (χ1n) is 9.89. The highest BCUT2D eigenvalue weighted by Gasteiger charge is 2.12. The van der Waals surface area contributed by atoms with Gasteiger partial charge in [0.15, 0.2) is 5.11 Å². The number of hydrogen-bond donors (Lipinski definition) is 3. The van der Waals surface area contributed by atoms with Gasteiger partial charge in [0.25, 0.3) is 11.8 Å². The summed E-state index contributed by atoms with van der Waals surface area (Å²) in [4.78, 5) is 24.9. The first-order valence-corrected chi connectivity index (χ1v) is 11.1. The molecule has 0 saturated heterocycles. The molecule has 0 aliphatic rings. The average Bonchev–Trinajstić information content (AvgIpc) is 2.76. The number of nitrogens with one attached hydrogen (secondary N) is 3. The molecule has 0 unspecified atom stereocenters. The van der Waals surface area contributed by atoms with Gasteiger partial charge in [-0.2, -0.15) is 0 Å². The highest BCUT2D eigenvalue weighted by Crippen LogP contribution is 2.26. The Hall–Kier alpha value is -3.23. The van der Waals surface area contributed by atoms with Gasteiger partial charge in [-0.25, -0.2) is 0 Å². The monoisotopic (exact) mass is 511 g/mol. The second kappa shape index (κ2) is 10.9. The first-order chi connectivity index (χ1) is 15.4. The summed E-state index contributed by atoms with van der Waals surface area (Å²) in [6, 6.07) is 19.5. The summed E-state index contributed by atoms with van der Waals surface area (Å²) >= 11 is 8.64. The third-order valence-corrected chi connectivity index (χ3v) is 5.34. The van der Waals surface area contributed by atoms with Crippen LogP contribution < -0.4 is 20.7 Å². The highest BCUT2D eigenvalue weighted by molar-refractivity contribution is 9.10. The van der Waals surface area contributed by atoms with E-state index in [2.05, 4.69) is 31.9 Å². The third kappa shape index (κ3) is 6.15. The molecule has 0 atom stereocenters. The van der Waals surface area contributed by atoms with E-state index in [1.807, 2.05) is 32.0 Å². The zero-order chi connectivity index (χ0) is 23.1. The lowest BCUT2D eigenvalue weighted by atomic mass is 10.1. The zero-order valence-electron chi connectivity index (χ0n) is 17.6. The second-order valence-electron chi connectivity index (χ2n) is 6.83. The van der Waals surface area contributed by atoms with Gasteiger partial charge >= 0.3 is 0 Å². The molecule has 32 heavy (non-hydrogen) atoms. The number of carbonyl (C=O) groups is 2. The maximum atomic E-state index is 12.5. The fourth-order valence-electron chi connectivity index (χ4n) is 2.92. The fraction of sp³-hybridized carbons (Fsp3) is 0.125. The SMILES string of the molecule is CCOc1ccc(C(=O)NC(=S)Nc2ccc(NC(=O)c3ccccc3C)cc2)cc1Br. The van der Waals surface area contributed by atoms with Gasteiger partial charge in [0, 0.05) is 22.5 Å². The van der Waals surface area contributed by atoms with Crippen molar-refractivity contribution in [3.05, 3.63) is 87.9 Å². The van der Waals surface area contributed by atoms with Gasteiger partial charge in [-0.1, -0.05) is 18.2 Å².